The van der Waals surface area contributed by atoms with Crippen molar-refractivity contribution in [3.05, 3.63) is 101 Å². The Morgan fingerprint density at radius 1 is 0.953 bits per heavy atom. The van der Waals surface area contributed by atoms with Gasteiger partial charge < -0.3 is 10.2 Å². The maximum absolute atomic E-state index is 14.0. The van der Waals surface area contributed by atoms with Gasteiger partial charge in [0.25, 0.3) is 0 Å². The molecule has 1 aliphatic carbocycles. The molecular weight excluding hydrogens is 589 g/mol. The molecule has 4 rings (SSSR count). The van der Waals surface area contributed by atoms with Crippen LogP contribution in [0.1, 0.15) is 56.1 Å². The van der Waals surface area contributed by atoms with Crippen LogP contribution in [-0.2, 0) is 32.6 Å². The van der Waals surface area contributed by atoms with Crippen molar-refractivity contribution < 1.29 is 22.4 Å². The number of halogens is 2. The Balaban J connectivity index is 1.59. The van der Waals surface area contributed by atoms with E-state index < -0.39 is 21.9 Å². The van der Waals surface area contributed by atoms with Crippen LogP contribution in [0.25, 0.3) is 0 Å². The van der Waals surface area contributed by atoms with Gasteiger partial charge in [-0.2, -0.15) is 0 Å². The van der Waals surface area contributed by atoms with E-state index in [4.69, 9.17) is 11.6 Å². The van der Waals surface area contributed by atoms with Gasteiger partial charge in [-0.1, -0.05) is 79.4 Å². The molecule has 0 heterocycles. The molecule has 10 heteroatoms. The minimum Gasteiger partial charge on any atom is -0.352 e. The molecule has 1 saturated carbocycles. The highest BCUT2D eigenvalue weighted by molar-refractivity contribution is 7.92. The number of carbonyl (C=O) groups excluding carboxylic acids is 2. The van der Waals surface area contributed by atoms with Crippen LogP contribution in [0, 0.1) is 5.82 Å². The van der Waals surface area contributed by atoms with Crippen molar-refractivity contribution in [3.63, 3.8) is 0 Å². The smallest absolute Gasteiger partial charge is 0.243 e. The zero-order valence-electron chi connectivity index (χ0n) is 24.4. The molecule has 1 N–H and O–H groups in total. The first kappa shape index (κ1) is 32.5. The zero-order valence-corrected chi connectivity index (χ0v) is 26.0. The number of rotatable bonds is 13. The van der Waals surface area contributed by atoms with Crippen molar-refractivity contribution in [3.8, 4) is 0 Å². The first-order valence-corrected chi connectivity index (χ1v) is 16.9. The molecular formula is C33H39ClFN3O4S. The van der Waals surface area contributed by atoms with E-state index in [0.717, 1.165) is 48.2 Å². The van der Waals surface area contributed by atoms with Crippen molar-refractivity contribution in [1.82, 2.24) is 10.2 Å². The fourth-order valence-electron chi connectivity index (χ4n) is 5.52. The van der Waals surface area contributed by atoms with Gasteiger partial charge in [0, 0.05) is 37.0 Å². The topological polar surface area (TPSA) is 86.8 Å². The van der Waals surface area contributed by atoms with Gasteiger partial charge >= 0.3 is 0 Å². The lowest BCUT2D eigenvalue weighted by molar-refractivity contribution is -0.141. The number of anilines is 1. The quantitative estimate of drug-likeness (QED) is 0.248. The lowest BCUT2D eigenvalue weighted by Crippen LogP contribution is -2.53. The number of benzene rings is 3. The number of hydrogen-bond acceptors (Lipinski definition) is 4. The largest absolute Gasteiger partial charge is 0.352 e. The van der Waals surface area contributed by atoms with E-state index >= 15 is 0 Å². The number of carbonyl (C=O) groups is 2. The summed E-state index contributed by atoms with van der Waals surface area (Å²) < 4.78 is 39.8. The average molecular weight is 628 g/mol. The highest BCUT2D eigenvalue weighted by Gasteiger charge is 2.32. The van der Waals surface area contributed by atoms with E-state index in [1.54, 1.807) is 11.0 Å². The second-order valence-corrected chi connectivity index (χ2v) is 13.4. The first-order chi connectivity index (χ1) is 20.6. The molecule has 3 aromatic carbocycles. The molecule has 0 bridgehead atoms. The van der Waals surface area contributed by atoms with Crippen LogP contribution in [0.5, 0.6) is 0 Å². The van der Waals surface area contributed by atoms with E-state index in [1.165, 1.54) is 24.3 Å². The third kappa shape index (κ3) is 9.53. The van der Waals surface area contributed by atoms with Gasteiger partial charge in [-0.15, -0.1) is 0 Å². The SMILES string of the molecule is CS(=O)(=O)N(CCCC(=O)N(Cc1ccccc1Cl)C(Cc1ccccc1)C(=O)NC1CCCCC1)c1ccc(F)cc1. The predicted octanol–water partition coefficient (Wildman–Crippen LogP) is 6.11. The summed E-state index contributed by atoms with van der Waals surface area (Å²) in [6.07, 6.45) is 6.68. The molecule has 0 radical (unpaired) electrons. The Kier molecular flexibility index (Phi) is 11.6. The molecule has 1 aliphatic rings. The Morgan fingerprint density at radius 2 is 1.60 bits per heavy atom. The third-order valence-corrected chi connectivity index (χ3v) is 9.35. The highest BCUT2D eigenvalue weighted by Crippen LogP contribution is 2.24. The summed E-state index contributed by atoms with van der Waals surface area (Å²) in [5.41, 5.74) is 1.95. The maximum Gasteiger partial charge on any atom is 0.243 e. The van der Waals surface area contributed by atoms with Crippen LogP contribution in [0.3, 0.4) is 0 Å². The Morgan fingerprint density at radius 3 is 2.26 bits per heavy atom. The molecule has 3 aromatic rings. The molecule has 0 spiro atoms. The number of amides is 2. The van der Waals surface area contributed by atoms with Crippen LogP contribution < -0.4 is 9.62 Å². The van der Waals surface area contributed by atoms with Crippen molar-refractivity contribution in [1.29, 1.82) is 0 Å². The lowest BCUT2D eigenvalue weighted by atomic mass is 9.94. The van der Waals surface area contributed by atoms with Crippen molar-refractivity contribution >= 4 is 39.1 Å². The number of hydrogen-bond donors (Lipinski definition) is 1. The Labute approximate surface area is 259 Å². The van der Waals surface area contributed by atoms with Gasteiger partial charge in [0.1, 0.15) is 11.9 Å². The van der Waals surface area contributed by atoms with Crippen molar-refractivity contribution in [2.75, 3.05) is 17.1 Å². The average Bonchev–Trinajstić information content (AvgIpc) is 2.99. The molecule has 0 saturated heterocycles. The molecule has 43 heavy (non-hydrogen) atoms. The molecule has 1 unspecified atom stereocenters. The molecule has 2 amide bonds. The van der Waals surface area contributed by atoms with Gasteiger partial charge in [0.05, 0.1) is 11.9 Å². The van der Waals surface area contributed by atoms with Crippen LogP contribution in [0.2, 0.25) is 5.02 Å². The molecule has 1 atom stereocenters. The van der Waals surface area contributed by atoms with Crippen LogP contribution in [0.4, 0.5) is 10.1 Å². The fourth-order valence-corrected chi connectivity index (χ4v) is 6.68. The zero-order chi connectivity index (χ0) is 30.8. The minimum atomic E-state index is -3.69. The fraction of sp³-hybridized carbons (Fsp3) is 0.394. The highest BCUT2D eigenvalue weighted by atomic mass is 35.5. The minimum absolute atomic E-state index is 0.000332. The van der Waals surface area contributed by atoms with E-state index in [0.29, 0.717) is 22.7 Å². The van der Waals surface area contributed by atoms with Crippen LogP contribution in [-0.4, -0.2) is 50.0 Å². The van der Waals surface area contributed by atoms with Gasteiger partial charge in [0.15, 0.2) is 0 Å². The van der Waals surface area contributed by atoms with Crippen LogP contribution in [0.15, 0.2) is 78.9 Å². The summed E-state index contributed by atoms with van der Waals surface area (Å²) in [5.74, 6) is -0.967. The Bertz CT molecular complexity index is 1460. The molecule has 0 aromatic heterocycles. The summed E-state index contributed by atoms with van der Waals surface area (Å²) in [7, 11) is -3.69. The number of nitrogens with zero attached hydrogens (tertiary/aromatic N) is 2. The standard InChI is InChI=1S/C33H39ClFN3O4S/c1-43(41,42)38(29-20-18-27(35)19-21-29)22-10-17-32(39)37(24-26-13-8-9-16-30(26)34)31(23-25-11-4-2-5-12-25)33(40)36-28-14-6-3-7-15-28/h2,4-5,8-9,11-13,16,18-21,28,31H,3,6-7,10,14-15,17,22-24H2,1H3,(H,36,40). The van der Waals surface area contributed by atoms with Gasteiger partial charge in [-0.05, 0) is 60.7 Å². The van der Waals surface area contributed by atoms with E-state index in [2.05, 4.69) is 5.32 Å². The van der Waals surface area contributed by atoms with Crippen molar-refractivity contribution in [2.45, 2.75) is 70.0 Å². The van der Waals surface area contributed by atoms with Gasteiger partial charge in [-0.25, -0.2) is 12.8 Å². The second-order valence-electron chi connectivity index (χ2n) is 11.1. The van der Waals surface area contributed by atoms with E-state index in [1.807, 2.05) is 48.5 Å². The number of sulfonamides is 1. The molecule has 0 aliphatic heterocycles. The molecule has 7 nitrogen and oxygen atoms in total. The predicted molar refractivity (Wildman–Crippen MR) is 169 cm³/mol. The number of nitrogens with one attached hydrogen (secondary N) is 1. The third-order valence-electron chi connectivity index (χ3n) is 7.79. The lowest BCUT2D eigenvalue weighted by Gasteiger charge is -2.34. The summed E-state index contributed by atoms with van der Waals surface area (Å²) in [4.78, 5) is 29.5. The summed E-state index contributed by atoms with van der Waals surface area (Å²) >= 11 is 6.51. The summed E-state index contributed by atoms with van der Waals surface area (Å²) in [6, 6.07) is 21.3. The van der Waals surface area contributed by atoms with Gasteiger partial charge in [0.2, 0.25) is 21.8 Å². The Hall–Kier alpha value is -3.43. The first-order valence-electron chi connectivity index (χ1n) is 14.7. The summed E-state index contributed by atoms with van der Waals surface area (Å²) in [5, 5.41) is 3.70. The normalized spacial score (nSPS) is 14.6. The molecule has 230 valence electrons. The molecule has 1 fully saturated rings. The monoisotopic (exact) mass is 627 g/mol. The maximum atomic E-state index is 14.0. The van der Waals surface area contributed by atoms with Crippen molar-refractivity contribution in [2.24, 2.45) is 0 Å². The second kappa shape index (κ2) is 15.3. The van der Waals surface area contributed by atoms with E-state index in [9.17, 15) is 22.4 Å². The van der Waals surface area contributed by atoms with E-state index in [-0.39, 0.29) is 43.8 Å². The van der Waals surface area contributed by atoms with Gasteiger partial charge in [-0.3, -0.25) is 13.9 Å². The van der Waals surface area contributed by atoms with Crippen LogP contribution >= 0.6 is 11.6 Å². The summed E-state index contributed by atoms with van der Waals surface area (Å²) in [6.45, 7) is 0.148.